The van der Waals surface area contributed by atoms with Crippen LogP contribution in [0.4, 0.5) is 0 Å². The highest BCUT2D eigenvalue weighted by atomic mass is 16.4. The number of likely N-dealkylation sites (tertiary alicyclic amines) is 1. The van der Waals surface area contributed by atoms with Crippen molar-refractivity contribution in [3.8, 4) is 5.69 Å². The molecule has 1 aliphatic heterocycles. The number of benzene rings is 1. The largest absolute Gasteiger partial charge is 0.481 e. The quantitative estimate of drug-likeness (QED) is 0.876. The number of hydrogen-bond acceptors (Lipinski definition) is 3. The summed E-state index contributed by atoms with van der Waals surface area (Å²) in [6.45, 7) is 1.45. The van der Waals surface area contributed by atoms with Gasteiger partial charge in [0.25, 0.3) is 0 Å². The Morgan fingerprint density at radius 2 is 2.04 bits per heavy atom. The second-order valence-corrected chi connectivity index (χ2v) is 6.57. The van der Waals surface area contributed by atoms with Crippen LogP contribution in [-0.4, -0.2) is 44.8 Å². The van der Waals surface area contributed by atoms with Crippen LogP contribution < -0.4 is 0 Å². The molecule has 2 aromatic rings. The molecular weight excluding hydrogens is 318 g/mol. The number of amides is 1. The first kappa shape index (κ1) is 17.2. The van der Waals surface area contributed by atoms with E-state index in [2.05, 4.69) is 5.10 Å². The molecule has 0 spiro atoms. The molecule has 25 heavy (non-hydrogen) atoms. The fourth-order valence-corrected chi connectivity index (χ4v) is 3.33. The summed E-state index contributed by atoms with van der Waals surface area (Å²) in [7, 11) is 0. The van der Waals surface area contributed by atoms with Crippen molar-refractivity contribution in [2.75, 3.05) is 13.1 Å². The first-order valence-electron chi connectivity index (χ1n) is 8.70. The molecule has 1 aliphatic rings. The summed E-state index contributed by atoms with van der Waals surface area (Å²) in [5.74, 6) is -0.344. The molecule has 1 aromatic heterocycles. The SMILES string of the molecule is O=C(O)CC[C@H]1CCCN(C(=O)Cc2ccc(-n3cccn3)cc2)C1. The van der Waals surface area contributed by atoms with E-state index in [1.807, 2.05) is 41.4 Å². The Labute approximate surface area is 147 Å². The number of piperidine rings is 1. The van der Waals surface area contributed by atoms with Gasteiger partial charge in [0.2, 0.25) is 5.91 Å². The van der Waals surface area contributed by atoms with Crippen molar-refractivity contribution in [2.45, 2.75) is 32.1 Å². The zero-order chi connectivity index (χ0) is 17.6. The van der Waals surface area contributed by atoms with Crippen LogP contribution in [-0.2, 0) is 16.0 Å². The number of aromatic nitrogens is 2. The molecule has 1 saturated heterocycles. The number of carboxylic acids is 1. The number of nitrogens with zero attached hydrogens (tertiary/aromatic N) is 3. The van der Waals surface area contributed by atoms with Crippen molar-refractivity contribution < 1.29 is 14.7 Å². The van der Waals surface area contributed by atoms with Crippen molar-refractivity contribution in [3.63, 3.8) is 0 Å². The molecule has 0 unspecified atom stereocenters. The maximum atomic E-state index is 12.6. The normalized spacial score (nSPS) is 17.4. The van der Waals surface area contributed by atoms with Crippen LogP contribution in [0.2, 0.25) is 0 Å². The monoisotopic (exact) mass is 341 g/mol. The smallest absolute Gasteiger partial charge is 0.303 e. The van der Waals surface area contributed by atoms with E-state index >= 15 is 0 Å². The molecule has 1 fully saturated rings. The van der Waals surface area contributed by atoms with Crippen molar-refractivity contribution in [1.29, 1.82) is 0 Å². The molecule has 6 nitrogen and oxygen atoms in total. The molecule has 1 aromatic carbocycles. The van der Waals surface area contributed by atoms with Gasteiger partial charge in [-0.05, 0) is 48.9 Å². The number of rotatable bonds is 6. The zero-order valence-electron chi connectivity index (χ0n) is 14.2. The third-order valence-electron chi connectivity index (χ3n) is 4.70. The maximum Gasteiger partial charge on any atom is 0.303 e. The minimum absolute atomic E-state index is 0.117. The van der Waals surface area contributed by atoms with E-state index in [0.717, 1.165) is 30.6 Å². The van der Waals surface area contributed by atoms with E-state index in [1.54, 1.807) is 10.9 Å². The fourth-order valence-electron chi connectivity index (χ4n) is 3.33. The van der Waals surface area contributed by atoms with Gasteiger partial charge in [-0.1, -0.05) is 12.1 Å². The molecule has 2 heterocycles. The highest BCUT2D eigenvalue weighted by Crippen LogP contribution is 2.22. The number of hydrogen-bond donors (Lipinski definition) is 1. The van der Waals surface area contributed by atoms with Gasteiger partial charge in [-0.3, -0.25) is 9.59 Å². The van der Waals surface area contributed by atoms with Crippen molar-refractivity contribution >= 4 is 11.9 Å². The molecule has 132 valence electrons. The summed E-state index contributed by atoms with van der Waals surface area (Å²) in [6, 6.07) is 9.71. The van der Waals surface area contributed by atoms with E-state index < -0.39 is 5.97 Å². The van der Waals surface area contributed by atoms with Gasteiger partial charge in [0.15, 0.2) is 0 Å². The summed E-state index contributed by atoms with van der Waals surface area (Å²) < 4.78 is 1.78. The van der Waals surface area contributed by atoms with Gasteiger partial charge in [0.05, 0.1) is 12.1 Å². The highest BCUT2D eigenvalue weighted by Gasteiger charge is 2.24. The summed E-state index contributed by atoms with van der Waals surface area (Å²) in [5.41, 5.74) is 1.95. The minimum atomic E-state index is -0.763. The summed E-state index contributed by atoms with van der Waals surface area (Å²) in [4.78, 5) is 25.2. The number of carboxylic acid groups (broad SMARTS) is 1. The standard InChI is InChI=1S/C19H23N3O3/c23-18(21-11-1-3-16(14-21)6-9-19(24)25)13-15-4-7-17(8-5-15)22-12-2-10-20-22/h2,4-5,7-8,10,12,16H,1,3,6,9,11,13-14H2,(H,24,25)/t16-/m1/s1. The van der Waals surface area contributed by atoms with Crippen LogP contribution >= 0.6 is 0 Å². The van der Waals surface area contributed by atoms with E-state index in [0.29, 0.717) is 25.3 Å². The van der Waals surface area contributed by atoms with Crippen LogP contribution in [0, 0.1) is 5.92 Å². The Morgan fingerprint density at radius 3 is 2.72 bits per heavy atom. The first-order chi connectivity index (χ1) is 12.1. The van der Waals surface area contributed by atoms with E-state index in [9.17, 15) is 9.59 Å². The molecule has 0 saturated carbocycles. The lowest BCUT2D eigenvalue weighted by molar-refractivity contribution is -0.137. The third-order valence-corrected chi connectivity index (χ3v) is 4.70. The molecule has 3 rings (SSSR count). The minimum Gasteiger partial charge on any atom is -0.481 e. The van der Waals surface area contributed by atoms with Gasteiger partial charge in [-0.25, -0.2) is 4.68 Å². The van der Waals surface area contributed by atoms with Crippen molar-refractivity contribution in [1.82, 2.24) is 14.7 Å². The van der Waals surface area contributed by atoms with Gasteiger partial charge < -0.3 is 10.0 Å². The molecule has 0 aliphatic carbocycles. The van der Waals surface area contributed by atoms with Gasteiger partial charge >= 0.3 is 5.97 Å². The van der Waals surface area contributed by atoms with Gasteiger partial charge in [-0.15, -0.1) is 0 Å². The molecular formula is C19H23N3O3. The highest BCUT2D eigenvalue weighted by molar-refractivity contribution is 5.79. The Balaban J connectivity index is 1.55. The predicted octanol–water partition coefficient (Wildman–Crippen LogP) is 2.52. The lowest BCUT2D eigenvalue weighted by atomic mass is 9.93. The van der Waals surface area contributed by atoms with Crippen molar-refractivity contribution in [2.24, 2.45) is 5.92 Å². The first-order valence-corrected chi connectivity index (χ1v) is 8.70. The van der Waals surface area contributed by atoms with Crippen LogP contribution in [0.25, 0.3) is 5.69 Å². The molecule has 1 amide bonds. The molecule has 0 bridgehead atoms. The van der Waals surface area contributed by atoms with E-state index in [4.69, 9.17) is 5.11 Å². The van der Waals surface area contributed by atoms with Gasteiger partial charge in [0.1, 0.15) is 0 Å². The Hall–Kier alpha value is -2.63. The van der Waals surface area contributed by atoms with Gasteiger partial charge in [-0.2, -0.15) is 5.10 Å². The summed E-state index contributed by atoms with van der Waals surface area (Å²) in [5, 5.41) is 13.0. The Bertz CT molecular complexity index is 710. The molecule has 0 radical (unpaired) electrons. The second kappa shape index (κ2) is 7.96. The topological polar surface area (TPSA) is 75.4 Å². The number of aliphatic carboxylic acids is 1. The average Bonchev–Trinajstić information content (AvgIpc) is 3.15. The van der Waals surface area contributed by atoms with Crippen LogP contribution in [0.5, 0.6) is 0 Å². The van der Waals surface area contributed by atoms with Crippen LogP contribution in [0.3, 0.4) is 0 Å². The Kier molecular flexibility index (Phi) is 5.48. The van der Waals surface area contributed by atoms with Crippen molar-refractivity contribution in [3.05, 3.63) is 48.3 Å². The maximum absolute atomic E-state index is 12.6. The zero-order valence-corrected chi connectivity index (χ0v) is 14.2. The summed E-state index contributed by atoms with van der Waals surface area (Å²) >= 11 is 0. The van der Waals surface area contributed by atoms with Crippen LogP contribution in [0.15, 0.2) is 42.7 Å². The number of carbonyl (C=O) groups excluding carboxylic acids is 1. The average molecular weight is 341 g/mol. The Morgan fingerprint density at radius 1 is 1.24 bits per heavy atom. The summed E-state index contributed by atoms with van der Waals surface area (Å²) in [6.07, 6.45) is 6.79. The third kappa shape index (κ3) is 4.68. The predicted molar refractivity (Wildman–Crippen MR) is 93.4 cm³/mol. The van der Waals surface area contributed by atoms with Gasteiger partial charge in [0, 0.05) is 31.9 Å². The molecule has 6 heteroatoms. The van der Waals surface area contributed by atoms with E-state index in [1.165, 1.54) is 0 Å². The molecule has 1 N–H and O–H groups in total. The number of carbonyl (C=O) groups is 2. The lowest BCUT2D eigenvalue weighted by Crippen LogP contribution is -2.40. The van der Waals surface area contributed by atoms with Crippen LogP contribution in [0.1, 0.15) is 31.2 Å². The van der Waals surface area contributed by atoms with E-state index in [-0.39, 0.29) is 12.3 Å². The molecule has 1 atom stereocenters. The fraction of sp³-hybridized carbons (Fsp3) is 0.421. The second-order valence-electron chi connectivity index (χ2n) is 6.57. The lowest BCUT2D eigenvalue weighted by Gasteiger charge is -2.32.